The number of rotatable bonds is 12. The van der Waals surface area contributed by atoms with E-state index in [1.54, 1.807) is 6.26 Å². The Labute approximate surface area is 421 Å². The van der Waals surface area contributed by atoms with Gasteiger partial charge in [-0.2, -0.15) is 5.26 Å². The molecule has 0 saturated carbocycles. The van der Waals surface area contributed by atoms with Crippen molar-refractivity contribution in [2.75, 3.05) is 0 Å². The van der Waals surface area contributed by atoms with Crippen LogP contribution in [-0.4, -0.2) is 19.1 Å². The normalized spacial score (nSPS) is 11.8. The van der Waals surface area contributed by atoms with Crippen molar-refractivity contribution in [2.24, 2.45) is 0 Å². The Hall–Kier alpha value is -8.47. The number of hydrogen-bond acceptors (Lipinski definition) is 5. The van der Waals surface area contributed by atoms with E-state index in [1.165, 1.54) is 50.2 Å². The van der Waals surface area contributed by atoms with Gasteiger partial charge in [0.1, 0.15) is 28.7 Å². The maximum Gasteiger partial charge on any atom is 0.146 e. The Balaban J connectivity index is 1.07. The summed E-state index contributed by atoms with van der Waals surface area (Å²) in [5.41, 5.74) is 18.6. The van der Waals surface area contributed by atoms with Crippen LogP contribution in [0.5, 0.6) is 11.5 Å². The number of furan rings is 1. The standard InChI is InChI=1S/C65H57N5O2/c1-39(2)52-32-47(44-18-11-9-12-19-44)33-53(40(3)4)62(52)69-59-25-16-15-24-57(59)67-64(69)46-22-17-23-49(31-46)72-50-36-56(51-28-29-71-61(51)37-50)65-68-58-30-43(38-66)26-27-60(58)70(65)63-54(41(5)6)34-48(35-55(63)42(7)8)45-20-13-10-14-21-45/h9-37,39-42H,1-8H3. The second-order valence-corrected chi connectivity index (χ2v) is 20.1. The molecular formula is C65H57N5O2. The van der Waals surface area contributed by atoms with E-state index in [2.05, 4.69) is 198 Å². The predicted molar refractivity (Wildman–Crippen MR) is 295 cm³/mol. The molecule has 11 rings (SSSR count). The van der Waals surface area contributed by atoms with Crippen molar-refractivity contribution in [3.63, 3.8) is 0 Å². The minimum absolute atomic E-state index is 0.177. The molecule has 0 aliphatic carbocycles. The monoisotopic (exact) mass is 939 g/mol. The van der Waals surface area contributed by atoms with E-state index in [1.807, 2.05) is 42.5 Å². The smallest absolute Gasteiger partial charge is 0.146 e. The van der Waals surface area contributed by atoms with Gasteiger partial charge in [-0.1, -0.05) is 140 Å². The van der Waals surface area contributed by atoms with Gasteiger partial charge >= 0.3 is 0 Å². The molecule has 3 heterocycles. The Morgan fingerprint density at radius 1 is 0.458 bits per heavy atom. The molecule has 0 fully saturated rings. The number of imidazole rings is 2. The minimum atomic E-state index is 0.177. The first-order chi connectivity index (χ1) is 34.9. The first kappa shape index (κ1) is 45.9. The highest BCUT2D eigenvalue weighted by Crippen LogP contribution is 2.45. The number of nitriles is 1. The summed E-state index contributed by atoms with van der Waals surface area (Å²) >= 11 is 0. The van der Waals surface area contributed by atoms with Gasteiger partial charge in [0.05, 0.1) is 51.3 Å². The molecule has 0 aliphatic heterocycles. The lowest BCUT2D eigenvalue weighted by Gasteiger charge is -2.24. The summed E-state index contributed by atoms with van der Waals surface area (Å²) in [5, 5.41) is 11.0. The van der Waals surface area contributed by atoms with Gasteiger partial charge in [-0.15, -0.1) is 0 Å². The van der Waals surface area contributed by atoms with E-state index in [0.29, 0.717) is 22.6 Å². The van der Waals surface area contributed by atoms with Crippen molar-refractivity contribution >= 4 is 33.0 Å². The molecular weight excluding hydrogens is 883 g/mol. The Kier molecular flexibility index (Phi) is 11.9. The van der Waals surface area contributed by atoms with Gasteiger partial charge in [-0.3, -0.25) is 9.13 Å². The van der Waals surface area contributed by atoms with E-state index >= 15 is 0 Å². The second-order valence-electron chi connectivity index (χ2n) is 20.1. The second kappa shape index (κ2) is 18.7. The quantitative estimate of drug-likeness (QED) is 0.122. The number of benzene rings is 8. The van der Waals surface area contributed by atoms with Crippen LogP contribution >= 0.6 is 0 Å². The van der Waals surface area contributed by atoms with Gasteiger partial charge in [-0.05, 0) is 147 Å². The molecule has 7 heteroatoms. The average molecular weight is 940 g/mol. The van der Waals surface area contributed by atoms with Crippen molar-refractivity contribution < 1.29 is 9.15 Å². The van der Waals surface area contributed by atoms with Crippen LogP contribution in [-0.2, 0) is 0 Å². The third kappa shape index (κ3) is 8.23. The molecule has 72 heavy (non-hydrogen) atoms. The van der Waals surface area contributed by atoms with Gasteiger partial charge in [0, 0.05) is 22.6 Å². The zero-order chi connectivity index (χ0) is 49.8. The fourth-order valence-electron chi connectivity index (χ4n) is 10.4. The molecule has 0 N–H and O–H groups in total. The average Bonchev–Trinajstić information content (AvgIpc) is 4.14. The number of ether oxygens (including phenoxy) is 1. The summed E-state index contributed by atoms with van der Waals surface area (Å²) in [6.07, 6.45) is 1.72. The molecule has 0 unspecified atom stereocenters. The molecule has 0 radical (unpaired) electrons. The Morgan fingerprint density at radius 3 is 1.57 bits per heavy atom. The SMILES string of the molecule is CC(C)c1cc(-c2ccccc2)cc(C(C)C)c1-n1c(-c2cccc(Oc3cc(-c4nc5cc(C#N)ccc5n4-c4c(C(C)C)cc(-c5ccccc5)cc4C(C)C)c4ccoc4c3)c2)nc2ccccc21. The first-order valence-electron chi connectivity index (χ1n) is 25.1. The largest absolute Gasteiger partial charge is 0.464 e. The van der Waals surface area contributed by atoms with Crippen LogP contribution in [0.4, 0.5) is 0 Å². The molecule has 0 amide bonds. The first-order valence-corrected chi connectivity index (χ1v) is 25.1. The molecule has 7 nitrogen and oxygen atoms in total. The summed E-state index contributed by atoms with van der Waals surface area (Å²) in [6, 6.07) is 61.5. The lowest BCUT2D eigenvalue weighted by atomic mass is 9.88. The maximum atomic E-state index is 10.1. The lowest BCUT2D eigenvalue weighted by Crippen LogP contribution is -2.09. The number of para-hydroxylation sites is 2. The Morgan fingerprint density at radius 2 is 0.986 bits per heavy atom. The van der Waals surface area contributed by atoms with Crippen molar-refractivity contribution in [2.45, 2.75) is 79.1 Å². The van der Waals surface area contributed by atoms with Crippen molar-refractivity contribution in [1.29, 1.82) is 5.26 Å². The molecule has 8 aromatic carbocycles. The number of aromatic nitrogens is 4. The van der Waals surface area contributed by atoms with Crippen molar-refractivity contribution in [3.05, 3.63) is 204 Å². The predicted octanol–water partition coefficient (Wildman–Crippen LogP) is 17.9. The van der Waals surface area contributed by atoms with Crippen molar-refractivity contribution in [3.8, 4) is 74.0 Å². The molecule has 0 saturated heterocycles. The number of hydrogen-bond donors (Lipinski definition) is 0. The van der Waals surface area contributed by atoms with E-state index in [0.717, 1.165) is 55.9 Å². The number of fused-ring (bicyclic) bond motifs is 3. The molecule has 0 bridgehead atoms. The zero-order valence-corrected chi connectivity index (χ0v) is 42.1. The van der Waals surface area contributed by atoms with Crippen molar-refractivity contribution in [1.82, 2.24) is 19.1 Å². The molecule has 354 valence electrons. The fraction of sp³-hybridized carbons (Fsp3) is 0.185. The number of nitrogens with zero attached hydrogens (tertiary/aromatic N) is 5. The summed E-state index contributed by atoms with van der Waals surface area (Å²) < 4.78 is 17.8. The highest BCUT2D eigenvalue weighted by atomic mass is 16.5. The van der Waals surface area contributed by atoms with E-state index in [-0.39, 0.29) is 23.7 Å². The summed E-state index contributed by atoms with van der Waals surface area (Å²) in [5.74, 6) is 3.65. The van der Waals surface area contributed by atoms with Gasteiger partial charge in [0.2, 0.25) is 0 Å². The van der Waals surface area contributed by atoms with Crippen LogP contribution in [0, 0.1) is 11.3 Å². The summed E-state index contributed by atoms with van der Waals surface area (Å²) in [7, 11) is 0. The van der Waals surface area contributed by atoms with E-state index in [4.69, 9.17) is 19.1 Å². The fourth-order valence-corrected chi connectivity index (χ4v) is 10.4. The maximum absolute atomic E-state index is 10.1. The molecule has 0 aliphatic rings. The molecule has 3 aromatic heterocycles. The highest BCUT2D eigenvalue weighted by molar-refractivity contribution is 5.97. The Bertz CT molecular complexity index is 3810. The van der Waals surface area contributed by atoms with E-state index in [9.17, 15) is 5.26 Å². The van der Waals surface area contributed by atoms with Crippen LogP contribution < -0.4 is 4.74 Å². The van der Waals surface area contributed by atoms with Gasteiger partial charge in [0.25, 0.3) is 0 Å². The van der Waals surface area contributed by atoms with Crippen LogP contribution in [0.15, 0.2) is 181 Å². The summed E-state index contributed by atoms with van der Waals surface area (Å²) in [4.78, 5) is 10.8. The third-order valence-electron chi connectivity index (χ3n) is 13.9. The minimum Gasteiger partial charge on any atom is -0.464 e. The van der Waals surface area contributed by atoms with Crippen LogP contribution in [0.2, 0.25) is 0 Å². The van der Waals surface area contributed by atoms with Gasteiger partial charge in [0.15, 0.2) is 0 Å². The van der Waals surface area contributed by atoms with Gasteiger partial charge in [-0.25, -0.2) is 9.97 Å². The van der Waals surface area contributed by atoms with Crippen LogP contribution in [0.1, 0.15) is 107 Å². The topological polar surface area (TPSA) is 81.8 Å². The van der Waals surface area contributed by atoms with E-state index < -0.39 is 0 Å². The molecule has 0 atom stereocenters. The molecule has 0 spiro atoms. The lowest BCUT2D eigenvalue weighted by molar-refractivity contribution is 0.482. The zero-order valence-electron chi connectivity index (χ0n) is 42.1. The summed E-state index contributed by atoms with van der Waals surface area (Å²) in [6.45, 7) is 18.1. The highest BCUT2D eigenvalue weighted by Gasteiger charge is 2.27. The van der Waals surface area contributed by atoms with Crippen LogP contribution in [0.3, 0.4) is 0 Å². The molecule has 11 aromatic rings. The van der Waals surface area contributed by atoms with Gasteiger partial charge < -0.3 is 9.15 Å². The van der Waals surface area contributed by atoms with Crippen LogP contribution in [0.25, 0.3) is 89.4 Å². The third-order valence-corrected chi connectivity index (χ3v) is 13.9.